The minimum atomic E-state index is 0. The van der Waals surface area contributed by atoms with Crippen molar-refractivity contribution in [2.45, 2.75) is 6.54 Å². The highest BCUT2D eigenvalue weighted by molar-refractivity contribution is 6.33. The van der Waals surface area contributed by atoms with Gasteiger partial charge in [0, 0.05) is 18.3 Å². The molecule has 1 aliphatic heterocycles. The molecule has 25 heavy (non-hydrogen) atoms. The lowest BCUT2D eigenvalue weighted by Gasteiger charge is -2.12. The van der Waals surface area contributed by atoms with Crippen LogP contribution in [0.4, 0.5) is 0 Å². The van der Waals surface area contributed by atoms with Crippen molar-refractivity contribution in [2.24, 2.45) is 0 Å². The summed E-state index contributed by atoms with van der Waals surface area (Å²) in [6.45, 7) is 0.809. The molecule has 0 radical (unpaired) electrons. The molecule has 2 aromatic heterocycles. The number of aromatic nitrogens is 4. The fraction of sp³-hybridized carbons (Fsp3) is 0.0526. The van der Waals surface area contributed by atoms with Crippen molar-refractivity contribution in [3.8, 4) is 28.6 Å². The zero-order valence-corrected chi connectivity index (χ0v) is 14.7. The van der Waals surface area contributed by atoms with Crippen LogP contribution >= 0.6 is 24.0 Å². The Hall–Kier alpha value is -2.56. The second kappa shape index (κ2) is 6.06. The van der Waals surface area contributed by atoms with Crippen LogP contribution in [0.1, 0.15) is 5.56 Å². The predicted molar refractivity (Wildman–Crippen MR) is 102 cm³/mol. The van der Waals surface area contributed by atoms with Crippen molar-refractivity contribution in [1.82, 2.24) is 19.3 Å². The van der Waals surface area contributed by atoms with E-state index in [0.717, 1.165) is 35.1 Å². The van der Waals surface area contributed by atoms with Crippen LogP contribution in [0, 0.1) is 0 Å². The number of benzene rings is 2. The minimum absolute atomic E-state index is 0. The summed E-state index contributed by atoms with van der Waals surface area (Å²) in [4.78, 5) is 0. The van der Waals surface area contributed by atoms with Gasteiger partial charge in [-0.15, -0.1) is 22.6 Å². The van der Waals surface area contributed by atoms with Gasteiger partial charge < -0.3 is 4.57 Å². The summed E-state index contributed by atoms with van der Waals surface area (Å²) < 4.78 is 4.30. The predicted octanol–water partition coefficient (Wildman–Crippen LogP) is 4.84. The molecule has 4 nitrogen and oxygen atoms in total. The zero-order valence-electron chi connectivity index (χ0n) is 13.1. The second-order valence-electron chi connectivity index (χ2n) is 5.81. The Bertz CT molecular complexity index is 1060. The van der Waals surface area contributed by atoms with E-state index in [1.165, 1.54) is 5.56 Å². The Labute approximate surface area is 156 Å². The van der Waals surface area contributed by atoms with E-state index in [-0.39, 0.29) is 12.4 Å². The number of nitrogens with zero attached hydrogens (tertiary/aromatic N) is 4. The summed E-state index contributed by atoms with van der Waals surface area (Å²) in [6.07, 6.45) is 2.08. The summed E-state index contributed by atoms with van der Waals surface area (Å²) in [5.41, 5.74) is 4.25. The highest BCUT2D eigenvalue weighted by atomic mass is 35.5. The van der Waals surface area contributed by atoms with Crippen molar-refractivity contribution in [3.63, 3.8) is 0 Å². The zero-order chi connectivity index (χ0) is 16.1. The first kappa shape index (κ1) is 15.9. The van der Waals surface area contributed by atoms with Gasteiger partial charge in [-0.1, -0.05) is 41.9 Å². The van der Waals surface area contributed by atoms with Crippen LogP contribution < -0.4 is 0 Å². The van der Waals surface area contributed by atoms with Gasteiger partial charge in [0.15, 0.2) is 11.6 Å². The first-order valence-corrected chi connectivity index (χ1v) is 8.15. The molecule has 3 heterocycles. The highest BCUT2D eigenvalue weighted by Crippen LogP contribution is 2.35. The third kappa shape index (κ3) is 2.37. The molecule has 0 saturated carbocycles. The summed E-state index contributed by atoms with van der Waals surface area (Å²) in [5, 5.41) is 9.61. The van der Waals surface area contributed by atoms with E-state index in [0.29, 0.717) is 5.02 Å². The van der Waals surface area contributed by atoms with Crippen LogP contribution in [0.25, 0.3) is 28.6 Å². The van der Waals surface area contributed by atoms with Gasteiger partial charge in [0.25, 0.3) is 0 Å². The van der Waals surface area contributed by atoms with E-state index in [1.54, 1.807) is 0 Å². The Morgan fingerprint density at radius 3 is 2.48 bits per heavy atom. The van der Waals surface area contributed by atoms with Gasteiger partial charge in [-0.05, 0) is 35.9 Å². The Morgan fingerprint density at radius 1 is 0.840 bits per heavy atom. The fourth-order valence-electron chi connectivity index (χ4n) is 3.30. The van der Waals surface area contributed by atoms with E-state index in [4.69, 9.17) is 11.6 Å². The number of fused-ring (bicyclic) bond motifs is 5. The number of hydrogen-bond acceptors (Lipinski definition) is 2. The SMILES string of the molecule is Cl.Clc1ccccc1-c1nnc2n1-c1ccccc1Cn1cccc1-2. The minimum Gasteiger partial charge on any atom is -0.340 e. The highest BCUT2D eigenvalue weighted by Gasteiger charge is 2.24. The molecule has 0 N–H and O–H groups in total. The maximum absolute atomic E-state index is 6.42. The number of para-hydroxylation sites is 1. The smallest absolute Gasteiger partial charge is 0.185 e. The third-order valence-corrected chi connectivity index (χ3v) is 4.74. The van der Waals surface area contributed by atoms with Crippen molar-refractivity contribution in [2.75, 3.05) is 0 Å². The molecule has 0 fully saturated rings. The van der Waals surface area contributed by atoms with Crippen LogP contribution in [0.5, 0.6) is 0 Å². The topological polar surface area (TPSA) is 35.6 Å². The standard InChI is InChI=1S/C19H13ClN4.ClH/c20-15-8-3-2-7-14(15)18-21-22-19-17-10-5-11-23(17)12-13-6-1-4-9-16(13)24(18)19;/h1-11H,12H2;1H. The van der Waals surface area contributed by atoms with Crippen molar-refractivity contribution >= 4 is 24.0 Å². The molecule has 5 rings (SSSR count). The number of hydrogen-bond donors (Lipinski definition) is 0. The lowest BCUT2D eigenvalue weighted by Crippen LogP contribution is -2.02. The van der Waals surface area contributed by atoms with Crippen molar-refractivity contribution < 1.29 is 0 Å². The molecule has 0 saturated heterocycles. The summed E-state index contributed by atoms with van der Waals surface area (Å²) >= 11 is 6.42. The van der Waals surface area contributed by atoms with Gasteiger partial charge in [0.1, 0.15) is 0 Å². The normalized spacial score (nSPS) is 11.7. The molecule has 0 unspecified atom stereocenters. The molecule has 4 aromatic rings. The van der Waals surface area contributed by atoms with E-state index in [9.17, 15) is 0 Å². The second-order valence-corrected chi connectivity index (χ2v) is 6.22. The molecule has 0 aliphatic carbocycles. The molecule has 0 spiro atoms. The first-order valence-electron chi connectivity index (χ1n) is 7.77. The lowest BCUT2D eigenvalue weighted by molar-refractivity contribution is 0.816. The van der Waals surface area contributed by atoms with E-state index >= 15 is 0 Å². The van der Waals surface area contributed by atoms with E-state index in [1.807, 2.05) is 36.4 Å². The fourth-order valence-corrected chi connectivity index (χ4v) is 3.52. The largest absolute Gasteiger partial charge is 0.340 e. The van der Waals surface area contributed by atoms with Gasteiger partial charge >= 0.3 is 0 Å². The first-order chi connectivity index (χ1) is 11.8. The summed E-state index contributed by atoms with van der Waals surface area (Å²) in [6, 6.07) is 20.2. The van der Waals surface area contributed by atoms with Crippen LogP contribution in [0.15, 0.2) is 66.9 Å². The van der Waals surface area contributed by atoms with Gasteiger partial charge in [-0.25, -0.2) is 0 Å². The maximum atomic E-state index is 6.42. The van der Waals surface area contributed by atoms with Crippen molar-refractivity contribution in [3.05, 3.63) is 77.4 Å². The lowest BCUT2D eigenvalue weighted by atomic mass is 10.1. The molecule has 124 valence electrons. The van der Waals surface area contributed by atoms with Crippen LogP contribution in [-0.4, -0.2) is 19.3 Å². The molecular weight excluding hydrogens is 355 g/mol. The van der Waals surface area contributed by atoms with Crippen LogP contribution in [0.2, 0.25) is 5.02 Å². The molecule has 6 heteroatoms. The molecule has 1 aliphatic rings. The van der Waals surface area contributed by atoms with E-state index < -0.39 is 0 Å². The maximum Gasteiger partial charge on any atom is 0.185 e. The van der Waals surface area contributed by atoms with Gasteiger partial charge in [-0.2, -0.15) is 0 Å². The quantitative estimate of drug-likeness (QED) is 0.424. The van der Waals surface area contributed by atoms with Crippen LogP contribution in [0.3, 0.4) is 0 Å². The van der Waals surface area contributed by atoms with Crippen molar-refractivity contribution in [1.29, 1.82) is 0 Å². The Balaban J connectivity index is 0.00000157. The average Bonchev–Trinajstić information content (AvgIpc) is 3.20. The molecule has 0 amide bonds. The molecule has 2 aromatic carbocycles. The Morgan fingerprint density at radius 2 is 1.60 bits per heavy atom. The van der Waals surface area contributed by atoms with E-state index in [2.05, 4.69) is 49.8 Å². The monoisotopic (exact) mass is 368 g/mol. The summed E-state index contributed by atoms with van der Waals surface area (Å²) in [5.74, 6) is 1.59. The molecule has 0 atom stereocenters. The average molecular weight is 369 g/mol. The van der Waals surface area contributed by atoms with Crippen LogP contribution in [-0.2, 0) is 6.54 Å². The third-order valence-electron chi connectivity index (χ3n) is 4.41. The van der Waals surface area contributed by atoms with Gasteiger partial charge in [0.2, 0.25) is 0 Å². The van der Waals surface area contributed by atoms with Gasteiger partial charge in [0.05, 0.1) is 16.4 Å². The molecule has 0 bridgehead atoms. The molecular formula is C19H14Cl2N4. The summed E-state index contributed by atoms with van der Waals surface area (Å²) in [7, 11) is 0. The van der Waals surface area contributed by atoms with Gasteiger partial charge in [-0.3, -0.25) is 4.57 Å². The Kier molecular flexibility index (Phi) is 3.86. The number of halogens is 2. The number of rotatable bonds is 1.